The van der Waals surface area contributed by atoms with Gasteiger partial charge in [0.2, 0.25) is 11.8 Å². The zero-order chi connectivity index (χ0) is 37.4. The summed E-state index contributed by atoms with van der Waals surface area (Å²) in [6.45, 7) is 11.7. The molecule has 0 saturated carbocycles. The van der Waals surface area contributed by atoms with E-state index in [4.69, 9.17) is 4.74 Å². The van der Waals surface area contributed by atoms with Crippen LogP contribution in [0.15, 0.2) is 48.2 Å². The van der Waals surface area contributed by atoms with E-state index in [1.807, 2.05) is 64.4 Å². The smallest absolute Gasteiger partial charge is 0.305 e. The van der Waals surface area contributed by atoms with Crippen LogP contribution in [0.5, 0.6) is 0 Å². The first-order valence-electron chi connectivity index (χ1n) is 18.3. The van der Waals surface area contributed by atoms with Gasteiger partial charge in [0, 0.05) is 45.2 Å². The Morgan fingerprint density at radius 2 is 1.83 bits per heavy atom. The average Bonchev–Trinajstić information content (AvgIpc) is 3.74. The molecule has 52 heavy (non-hydrogen) atoms. The van der Waals surface area contributed by atoms with E-state index in [1.54, 1.807) is 23.6 Å². The molecule has 280 valence electrons. The van der Waals surface area contributed by atoms with Crippen molar-refractivity contribution in [2.45, 2.75) is 97.9 Å². The predicted octanol–water partition coefficient (Wildman–Crippen LogP) is 4.89. The van der Waals surface area contributed by atoms with Crippen molar-refractivity contribution in [3.63, 3.8) is 0 Å². The molecule has 3 N–H and O–H groups in total. The maximum Gasteiger partial charge on any atom is 0.305 e. The standard InChI is InChI=1S/C39H52N6O6S/c1-6-51-33(47)9-7-8-26-14-16-44(17-15-26)30-18-29(21-40-22-30)36(48)43-35(39(3,4)5)38(50)45-23-31(46)19-32(45)37(49)41-20-27-10-12-28(13-11-27)34-25(2)42-24-52-34/h10-13,18,21-22,24,26,31-32,35,46H,6-9,14-17,19-20,23H2,1-5H3,(H,41,49)(H,43,48)/t31-,32+,35-/m1/s1. The van der Waals surface area contributed by atoms with E-state index in [0.717, 1.165) is 66.2 Å². The highest BCUT2D eigenvalue weighted by molar-refractivity contribution is 7.13. The molecule has 0 bridgehead atoms. The van der Waals surface area contributed by atoms with Crippen molar-refractivity contribution in [2.75, 3.05) is 31.1 Å². The van der Waals surface area contributed by atoms with E-state index in [2.05, 4.69) is 25.5 Å². The second-order valence-electron chi connectivity index (χ2n) is 14.9. The number of β-amino-alcohol motifs (C(OH)–C–C–N with tert-alkyl or cyclic N) is 1. The molecule has 2 saturated heterocycles. The number of aryl methyl sites for hydroxylation is 1. The van der Waals surface area contributed by atoms with Gasteiger partial charge in [-0.1, -0.05) is 45.0 Å². The van der Waals surface area contributed by atoms with Gasteiger partial charge in [0.1, 0.15) is 12.1 Å². The highest BCUT2D eigenvalue weighted by Crippen LogP contribution is 2.30. The highest BCUT2D eigenvalue weighted by Gasteiger charge is 2.44. The lowest BCUT2D eigenvalue weighted by molar-refractivity contribution is -0.143. The van der Waals surface area contributed by atoms with Crippen molar-refractivity contribution in [2.24, 2.45) is 11.3 Å². The number of piperidine rings is 1. The van der Waals surface area contributed by atoms with Crippen molar-refractivity contribution in [3.8, 4) is 10.4 Å². The Morgan fingerprint density at radius 3 is 2.48 bits per heavy atom. The molecule has 13 heteroatoms. The van der Waals surface area contributed by atoms with Crippen LogP contribution in [0.4, 0.5) is 5.69 Å². The molecule has 2 fully saturated rings. The van der Waals surface area contributed by atoms with Crippen LogP contribution in [-0.2, 0) is 25.7 Å². The van der Waals surface area contributed by atoms with Gasteiger partial charge in [0.05, 0.1) is 46.2 Å². The third-order valence-corrected chi connectivity index (χ3v) is 10.9. The number of hydrogen-bond donors (Lipinski definition) is 3. The summed E-state index contributed by atoms with van der Waals surface area (Å²) in [5.41, 5.74) is 5.23. The summed E-state index contributed by atoms with van der Waals surface area (Å²) in [7, 11) is 0. The van der Waals surface area contributed by atoms with Gasteiger partial charge in [-0.05, 0) is 68.1 Å². The Hall–Kier alpha value is -4.36. The number of carbonyl (C=O) groups is 4. The van der Waals surface area contributed by atoms with E-state index in [9.17, 15) is 24.3 Å². The Bertz CT molecular complexity index is 1700. The van der Waals surface area contributed by atoms with E-state index in [1.165, 1.54) is 11.1 Å². The number of amides is 3. The quantitative estimate of drug-likeness (QED) is 0.209. The maximum absolute atomic E-state index is 14.1. The number of nitrogens with one attached hydrogen (secondary N) is 2. The number of likely N-dealkylation sites (tertiary alicyclic amines) is 1. The Kier molecular flexibility index (Phi) is 13.0. The molecule has 0 radical (unpaired) electrons. The van der Waals surface area contributed by atoms with Gasteiger partial charge >= 0.3 is 5.97 Å². The fraction of sp³-hybridized carbons (Fsp3) is 0.538. The monoisotopic (exact) mass is 732 g/mol. The number of aromatic nitrogens is 2. The third-order valence-electron chi connectivity index (χ3n) is 9.95. The molecule has 0 unspecified atom stereocenters. The highest BCUT2D eigenvalue weighted by atomic mass is 32.1. The van der Waals surface area contributed by atoms with Crippen LogP contribution in [0, 0.1) is 18.3 Å². The van der Waals surface area contributed by atoms with Gasteiger partial charge in [-0.25, -0.2) is 4.98 Å². The van der Waals surface area contributed by atoms with Gasteiger partial charge < -0.3 is 30.3 Å². The summed E-state index contributed by atoms with van der Waals surface area (Å²) in [5.74, 6) is -0.823. The number of anilines is 1. The SMILES string of the molecule is CCOC(=O)CCCC1CCN(c2cncc(C(=O)N[C@H](C(=O)N3C[C@H](O)C[C@H]3C(=O)NCc3ccc(-c4scnc4C)cc3)C(C)(C)C)c2)CC1. The van der Waals surface area contributed by atoms with Crippen LogP contribution in [0.25, 0.3) is 10.4 Å². The fourth-order valence-corrected chi connectivity index (χ4v) is 7.78. The largest absolute Gasteiger partial charge is 0.466 e. The van der Waals surface area contributed by atoms with Gasteiger partial charge in [-0.15, -0.1) is 11.3 Å². The van der Waals surface area contributed by atoms with Crippen molar-refractivity contribution in [1.29, 1.82) is 0 Å². The summed E-state index contributed by atoms with van der Waals surface area (Å²) in [4.78, 5) is 66.3. The zero-order valence-electron chi connectivity index (χ0n) is 30.9. The van der Waals surface area contributed by atoms with E-state index >= 15 is 0 Å². The van der Waals surface area contributed by atoms with Crippen molar-refractivity contribution in [3.05, 3.63) is 65.1 Å². The summed E-state index contributed by atoms with van der Waals surface area (Å²) >= 11 is 1.58. The predicted molar refractivity (Wildman–Crippen MR) is 201 cm³/mol. The minimum Gasteiger partial charge on any atom is -0.466 e. The fourth-order valence-electron chi connectivity index (χ4n) is 6.97. The van der Waals surface area contributed by atoms with Crippen LogP contribution in [0.2, 0.25) is 0 Å². The molecule has 0 aliphatic carbocycles. The molecular weight excluding hydrogens is 681 g/mol. The summed E-state index contributed by atoms with van der Waals surface area (Å²) in [5, 5.41) is 16.5. The Balaban J connectivity index is 1.18. The minimum atomic E-state index is -0.961. The molecule has 3 aromatic rings. The molecule has 2 aliphatic heterocycles. The van der Waals surface area contributed by atoms with Crippen molar-refractivity contribution in [1.82, 2.24) is 25.5 Å². The number of esters is 1. The number of thiazole rings is 1. The first kappa shape index (κ1) is 38.9. The third kappa shape index (κ3) is 9.94. The molecule has 3 amide bonds. The molecule has 1 aromatic carbocycles. The lowest BCUT2D eigenvalue weighted by Crippen LogP contribution is -2.57. The number of hydrogen-bond acceptors (Lipinski definition) is 10. The molecule has 5 rings (SSSR count). The Morgan fingerprint density at radius 1 is 1.10 bits per heavy atom. The minimum absolute atomic E-state index is 0.00190. The molecule has 2 aromatic heterocycles. The van der Waals surface area contributed by atoms with Gasteiger partial charge in [-0.3, -0.25) is 24.2 Å². The van der Waals surface area contributed by atoms with Crippen LogP contribution in [0.1, 0.15) is 87.8 Å². The second-order valence-corrected chi connectivity index (χ2v) is 15.8. The zero-order valence-corrected chi connectivity index (χ0v) is 31.7. The Labute approximate surface area is 310 Å². The van der Waals surface area contributed by atoms with Crippen LogP contribution in [0.3, 0.4) is 0 Å². The van der Waals surface area contributed by atoms with Gasteiger partial charge in [0.25, 0.3) is 5.91 Å². The van der Waals surface area contributed by atoms with Crippen molar-refractivity contribution < 1.29 is 29.0 Å². The number of aliphatic hydroxyl groups is 1. The molecule has 0 spiro atoms. The number of benzene rings is 1. The molecule has 3 atom stereocenters. The molecule has 2 aliphatic rings. The normalized spacial score (nSPS) is 18.6. The number of aliphatic hydroxyl groups excluding tert-OH is 1. The van der Waals surface area contributed by atoms with Gasteiger partial charge in [0.15, 0.2) is 0 Å². The average molecular weight is 733 g/mol. The lowest BCUT2D eigenvalue weighted by Gasteiger charge is -2.35. The summed E-state index contributed by atoms with van der Waals surface area (Å²) in [6.07, 6.45) is 6.70. The molecule has 12 nitrogen and oxygen atoms in total. The van der Waals surface area contributed by atoms with Crippen LogP contribution in [-0.4, -0.2) is 88.1 Å². The summed E-state index contributed by atoms with van der Waals surface area (Å²) in [6, 6.07) is 7.87. The van der Waals surface area contributed by atoms with E-state index in [-0.39, 0.29) is 31.4 Å². The number of carbonyl (C=O) groups excluding carboxylic acids is 4. The first-order chi connectivity index (χ1) is 24.8. The lowest BCUT2D eigenvalue weighted by atomic mass is 9.85. The van der Waals surface area contributed by atoms with Crippen molar-refractivity contribution >= 4 is 40.7 Å². The van der Waals surface area contributed by atoms with Crippen LogP contribution < -0.4 is 15.5 Å². The number of ether oxygens (including phenoxy) is 1. The summed E-state index contributed by atoms with van der Waals surface area (Å²) < 4.78 is 5.04. The van der Waals surface area contributed by atoms with E-state index < -0.39 is 35.4 Å². The number of nitrogens with zero attached hydrogens (tertiary/aromatic N) is 4. The second kappa shape index (κ2) is 17.4. The van der Waals surface area contributed by atoms with Crippen LogP contribution >= 0.6 is 11.3 Å². The topological polar surface area (TPSA) is 154 Å². The number of pyridine rings is 1. The first-order valence-corrected chi connectivity index (χ1v) is 19.1. The maximum atomic E-state index is 14.1. The van der Waals surface area contributed by atoms with Gasteiger partial charge in [-0.2, -0.15) is 0 Å². The number of rotatable bonds is 13. The molecular formula is C39H52N6O6S. The molecule has 4 heterocycles. The van der Waals surface area contributed by atoms with E-state index in [0.29, 0.717) is 24.5 Å².